The van der Waals surface area contributed by atoms with E-state index in [0.717, 1.165) is 30.9 Å². The molecule has 0 radical (unpaired) electrons. The lowest BCUT2D eigenvalue weighted by molar-refractivity contribution is 0.667. The first-order chi connectivity index (χ1) is 7.29. The molecular formula is C12H17N3. The zero-order valence-electron chi connectivity index (χ0n) is 9.33. The molecule has 2 rings (SSSR count). The highest BCUT2D eigenvalue weighted by atomic mass is 15.0. The Labute approximate surface area is 90.1 Å². The summed E-state index contributed by atoms with van der Waals surface area (Å²) >= 11 is 0. The first-order valence-corrected chi connectivity index (χ1v) is 5.44. The van der Waals surface area contributed by atoms with Crippen molar-refractivity contribution in [2.75, 3.05) is 6.54 Å². The van der Waals surface area contributed by atoms with E-state index in [-0.39, 0.29) is 0 Å². The predicted molar refractivity (Wildman–Crippen MR) is 61.9 cm³/mol. The van der Waals surface area contributed by atoms with E-state index in [9.17, 15) is 0 Å². The molecule has 0 bridgehead atoms. The monoisotopic (exact) mass is 203 g/mol. The molecule has 0 aromatic carbocycles. The van der Waals surface area contributed by atoms with Crippen molar-refractivity contribution in [3.63, 3.8) is 0 Å². The van der Waals surface area contributed by atoms with Gasteiger partial charge in [0.15, 0.2) is 0 Å². The van der Waals surface area contributed by atoms with Crippen molar-refractivity contribution in [2.45, 2.75) is 26.8 Å². The number of pyridine rings is 1. The third-order valence-electron chi connectivity index (χ3n) is 2.38. The Morgan fingerprint density at radius 2 is 2.20 bits per heavy atom. The van der Waals surface area contributed by atoms with E-state index in [0.29, 0.717) is 0 Å². The molecule has 0 unspecified atom stereocenters. The Hall–Kier alpha value is -1.35. The third kappa shape index (κ3) is 2.36. The summed E-state index contributed by atoms with van der Waals surface area (Å²) < 4.78 is 2.08. The zero-order valence-corrected chi connectivity index (χ0v) is 9.33. The van der Waals surface area contributed by atoms with Crippen LogP contribution in [0, 0.1) is 6.92 Å². The molecule has 2 heterocycles. The minimum atomic E-state index is 0.856. The highest BCUT2D eigenvalue weighted by Crippen LogP contribution is 2.06. The van der Waals surface area contributed by atoms with Gasteiger partial charge in [0, 0.05) is 18.9 Å². The van der Waals surface area contributed by atoms with Crippen LogP contribution in [0.1, 0.15) is 24.6 Å². The summed E-state index contributed by atoms with van der Waals surface area (Å²) in [6.45, 7) is 6.16. The van der Waals surface area contributed by atoms with Crippen molar-refractivity contribution < 1.29 is 0 Å². The molecule has 0 spiro atoms. The second kappa shape index (κ2) is 4.45. The molecule has 0 amide bonds. The van der Waals surface area contributed by atoms with Crippen LogP contribution in [-0.2, 0) is 6.54 Å². The number of hydrogen-bond donors (Lipinski definition) is 1. The standard InChI is InChI=1S/C12H17N3/c1-3-6-13-7-11-9-15-8-10(2)4-5-12(15)14-11/h4-5,8-9,13H,3,6-7H2,1-2H3. The Bertz CT molecular complexity index is 445. The highest BCUT2D eigenvalue weighted by Gasteiger charge is 2.00. The van der Waals surface area contributed by atoms with E-state index in [2.05, 4.69) is 53.1 Å². The molecule has 0 aliphatic rings. The van der Waals surface area contributed by atoms with Gasteiger partial charge in [-0.25, -0.2) is 4.98 Å². The summed E-state index contributed by atoms with van der Waals surface area (Å²) in [5.74, 6) is 0. The van der Waals surface area contributed by atoms with E-state index >= 15 is 0 Å². The first-order valence-electron chi connectivity index (χ1n) is 5.44. The van der Waals surface area contributed by atoms with E-state index in [4.69, 9.17) is 0 Å². The minimum Gasteiger partial charge on any atom is -0.311 e. The Kier molecular flexibility index (Phi) is 3.02. The van der Waals surface area contributed by atoms with E-state index in [1.807, 2.05) is 0 Å². The van der Waals surface area contributed by atoms with Crippen molar-refractivity contribution in [3.05, 3.63) is 35.8 Å². The fourth-order valence-corrected chi connectivity index (χ4v) is 1.63. The molecule has 0 saturated carbocycles. The van der Waals surface area contributed by atoms with Crippen molar-refractivity contribution in [2.24, 2.45) is 0 Å². The zero-order chi connectivity index (χ0) is 10.7. The molecule has 3 heteroatoms. The number of hydrogen-bond acceptors (Lipinski definition) is 2. The lowest BCUT2D eigenvalue weighted by atomic mass is 10.3. The van der Waals surface area contributed by atoms with Gasteiger partial charge >= 0.3 is 0 Å². The summed E-state index contributed by atoms with van der Waals surface area (Å²) in [6, 6.07) is 4.14. The first kappa shape index (κ1) is 10.2. The average Bonchev–Trinajstić information content (AvgIpc) is 2.60. The Morgan fingerprint density at radius 1 is 1.33 bits per heavy atom. The van der Waals surface area contributed by atoms with Crippen LogP contribution < -0.4 is 5.32 Å². The molecule has 0 aliphatic heterocycles. The van der Waals surface area contributed by atoms with Gasteiger partial charge in [0.1, 0.15) is 5.65 Å². The van der Waals surface area contributed by atoms with Crippen molar-refractivity contribution in [1.82, 2.24) is 14.7 Å². The number of nitrogens with zero attached hydrogens (tertiary/aromatic N) is 2. The second-order valence-corrected chi connectivity index (χ2v) is 3.88. The van der Waals surface area contributed by atoms with Crippen molar-refractivity contribution in [1.29, 1.82) is 0 Å². The maximum Gasteiger partial charge on any atom is 0.137 e. The van der Waals surface area contributed by atoms with Crippen LogP contribution >= 0.6 is 0 Å². The maximum absolute atomic E-state index is 4.53. The average molecular weight is 203 g/mol. The van der Waals surface area contributed by atoms with Gasteiger partial charge in [-0.3, -0.25) is 0 Å². The minimum absolute atomic E-state index is 0.856. The SMILES string of the molecule is CCCNCc1cn2cc(C)ccc2n1. The van der Waals surface area contributed by atoms with Crippen LogP contribution in [0.4, 0.5) is 0 Å². The predicted octanol–water partition coefficient (Wildman–Crippen LogP) is 2.14. The van der Waals surface area contributed by atoms with Crippen LogP contribution in [0.3, 0.4) is 0 Å². The fraction of sp³-hybridized carbons (Fsp3) is 0.417. The van der Waals surface area contributed by atoms with Gasteiger partial charge in [-0.05, 0) is 31.5 Å². The van der Waals surface area contributed by atoms with Gasteiger partial charge in [0.2, 0.25) is 0 Å². The van der Waals surface area contributed by atoms with Gasteiger partial charge in [-0.1, -0.05) is 13.0 Å². The highest BCUT2D eigenvalue weighted by molar-refractivity contribution is 5.41. The van der Waals surface area contributed by atoms with Gasteiger partial charge in [0.25, 0.3) is 0 Å². The molecule has 2 aromatic rings. The number of fused-ring (bicyclic) bond motifs is 1. The summed E-state index contributed by atoms with van der Waals surface area (Å²) in [7, 11) is 0. The summed E-state index contributed by atoms with van der Waals surface area (Å²) in [4.78, 5) is 4.53. The summed E-state index contributed by atoms with van der Waals surface area (Å²) in [5.41, 5.74) is 3.39. The van der Waals surface area contributed by atoms with Crippen molar-refractivity contribution >= 4 is 5.65 Å². The van der Waals surface area contributed by atoms with E-state index in [1.165, 1.54) is 5.56 Å². The van der Waals surface area contributed by atoms with E-state index in [1.54, 1.807) is 0 Å². The van der Waals surface area contributed by atoms with Gasteiger partial charge in [0.05, 0.1) is 5.69 Å². The Balaban J connectivity index is 2.16. The lowest BCUT2D eigenvalue weighted by Gasteiger charge is -1.97. The quantitative estimate of drug-likeness (QED) is 0.771. The maximum atomic E-state index is 4.53. The number of imidazole rings is 1. The molecule has 0 saturated heterocycles. The van der Waals surface area contributed by atoms with Gasteiger partial charge in [-0.2, -0.15) is 0 Å². The second-order valence-electron chi connectivity index (χ2n) is 3.88. The summed E-state index contributed by atoms with van der Waals surface area (Å²) in [6.07, 6.45) is 5.35. The number of aromatic nitrogens is 2. The lowest BCUT2D eigenvalue weighted by Crippen LogP contribution is -2.13. The summed E-state index contributed by atoms with van der Waals surface area (Å²) in [5, 5.41) is 3.35. The number of aryl methyl sites for hydroxylation is 1. The molecule has 15 heavy (non-hydrogen) atoms. The Morgan fingerprint density at radius 3 is 3.00 bits per heavy atom. The van der Waals surface area contributed by atoms with Gasteiger partial charge in [-0.15, -0.1) is 0 Å². The molecule has 0 aliphatic carbocycles. The normalized spacial score (nSPS) is 11.1. The molecule has 2 aromatic heterocycles. The smallest absolute Gasteiger partial charge is 0.137 e. The molecular weight excluding hydrogens is 186 g/mol. The number of rotatable bonds is 4. The fourth-order valence-electron chi connectivity index (χ4n) is 1.63. The van der Waals surface area contributed by atoms with Crippen LogP contribution in [0.15, 0.2) is 24.5 Å². The van der Waals surface area contributed by atoms with Crippen LogP contribution in [-0.4, -0.2) is 15.9 Å². The topological polar surface area (TPSA) is 29.3 Å². The van der Waals surface area contributed by atoms with Crippen LogP contribution in [0.2, 0.25) is 0 Å². The number of nitrogens with one attached hydrogen (secondary N) is 1. The third-order valence-corrected chi connectivity index (χ3v) is 2.38. The largest absolute Gasteiger partial charge is 0.311 e. The van der Waals surface area contributed by atoms with E-state index < -0.39 is 0 Å². The van der Waals surface area contributed by atoms with Gasteiger partial charge < -0.3 is 9.72 Å². The molecule has 1 N–H and O–H groups in total. The molecule has 3 nitrogen and oxygen atoms in total. The molecule has 0 fully saturated rings. The van der Waals surface area contributed by atoms with Crippen LogP contribution in [0.5, 0.6) is 0 Å². The molecule has 0 atom stereocenters. The molecule has 80 valence electrons. The van der Waals surface area contributed by atoms with Crippen LogP contribution in [0.25, 0.3) is 5.65 Å². The van der Waals surface area contributed by atoms with Crippen molar-refractivity contribution in [3.8, 4) is 0 Å².